The van der Waals surface area contributed by atoms with Crippen LogP contribution in [0.15, 0.2) is 42.7 Å². The number of carbonyl (C=O) groups excluding carboxylic acids is 1. The predicted octanol–water partition coefficient (Wildman–Crippen LogP) is 3.68. The molecule has 0 fully saturated rings. The van der Waals surface area contributed by atoms with Crippen LogP contribution in [0.3, 0.4) is 0 Å². The van der Waals surface area contributed by atoms with Crippen LogP contribution < -0.4 is 9.47 Å². The molecule has 0 saturated heterocycles. The molecule has 0 N–H and O–H groups in total. The van der Waals surface area contributed by atoms with Crippen molar-refractivity contribution in [3.63, 3.8) is 0 Å². The molecule has 3 aromatic rings. The Hall–Kier alpha value is -4.07. The Kier molecular flexibility index (Phi) is 6.15. The van der Waals surface area contributed by atoms with Crippen molar-refractivity contribution in [2.24, 2.45) is 0 Å². The normalized spacial score (nSPS) is 14.2. The predicted molar refractivity (Wildman–Crippen MR) is 114 cm³/mol. The van der Waals surface area contributed by atoms with Crippen molar-refractivity contribution in [3.05, 3.63) is 65.1 Å². The highest BCUT2D eigenvalue weighted by Crippen LogP contribution is 2.36. The Balaban J connectivity index is 1.67. The van der Waals surface area contributed by atoms with Gasteiger partial charge in [0.05, 0.1) is 18.4 Å². The number of methoxy groups -OCH3 is 1. The molecule has 8 nitrogen and oxygen atoms in total. The van der Waals surface area contributed by atoms with E-state index in [-0.39, 0.29) is 35.7 Å². The lowest BCUT2D eigenvalue weighted by Gasteiger charge is -2.28. The summed E-state index contributed by atoms with van der Waals surface area (Å²) in [5.41, 5.74) is 1.37. The molecular weight excluding hydrogens is 451 g/mol. The molecule has 1 unspecified atom stereocenters. The molecule has 4 rings (SSSR count). The van der Waals surface area contributed by atoms with Crippen LogP contribution in [0, 0.1) is 11.3 Å². The van der Waals surface area contributed by atoms with Crippen LogP contribution in [0.1, 0.15) is 34.1 Å². The number of hydrogen-bond donors (Lipinski definition) is 0. The van der Waals surface area contributed by atoms with Gasteiger partial charge in [-0.1, -0.05) is 6.07 Å². The summed E-state index contributed by atoms with van der Waals surface area (Å²) in [5.74, 6) is -0.417. The Labute approximate surface area is 193 Å². The number of fused-ring (bicyclic) bond motifs is 1. The lowest BCUT2D eigenvalue weighted by molar-refractivity contribution is -0.189. The number of alkyl halides is 3. The van der Waals surface area contributed by atoms with E-state index in [1.165, 1.54) is 24.1 Å². The maximum Gasteiger partial charge on any atom is 0.425 e. The van der Waals surface area contributed by atoms with Gasteiger partial charge in [-0.05, 0) is 31.2 Å². The van der Waals surface area contributed by atoms with Crippen LogP contribution in [-0.4, -0.2) is 51.5 Å². The first kappa shape index (κ1) is 23.1. The largest absolute Gasteiger partial charge is 0.494 e. The summed E-state index contributed by atoms with van der Waals surface area (Å²) in [6.45, 7) is 1.30. The highest BCUT2D eigenvalue weighted by atomic mass is 19.4. The number of amides is 1. The zero-order valence-corrected chi connectivity index (χ0v) is 18.3. The van der Waals surface area contributed by atoms with Gasteiger partial charge in [-0.2, -0.15) is 23.5 Å². The molecule has 0 aliphatic carbocycles. The molecule has 1 amide bonds. The van der Waals surface area contributed by atoms with Crippen molar-refractivity contribution in [2.75, 3.05) is 13.7 Å². The van der Waals surface area contributed by atoms with E-state index >= 15 is 0 Å². The first-order valence-electron chi connectivity index (χ1n) is 10.4. The zero-order valence-electron chi connectivity index (χ0n) is 18.3. The number of pyridine rings is 1. The number of ether oxygens (including phenoxy) is 2. The summed E-state index contributed by atoms with van der Waals surface area (Å²) in [6, 6.07) is 9.76. The number of nitrogens with zero attached hydrogens (tertiary/aromatic N) is 5. The molecule has 34 heavy (non-hydrogen) atoms. The minimum atomic E-state index is -4.64. The molecule has 2 aromatic heterocycles. The average molecular weight is 471 g/mol. The van der Waals surface area contributed by atoms with Gasteiger partial charge in [0.25, 0.3) is 5.91 Å². The molecule has 0 saturated carbocycles. The second-order valence-electron chi connectivity index (χ2n) is 7.64. The molecule has 0 spiro atoms. The lowest BCUT2D eigenvalue weighted by Crippen LogP contribution is -2.37. The second-order valence-corrected chi connectivity index (χ2v) is 7.64. The topological polar surface area (TPSA) is 93.3 Å². The minimum absolute atomic E-state index is 0.0125. The third-order valence-corrected chi connectivity index (χ3v) is 5.45. The molecule has 11 heteroatoms. The van der Waals surface area contributed by atoms with E-state index in [4.69, 9.17) is 9.47 Å². The number of rotatable bonds is 5. The van der Waals surface area contributed by atoms with E-state index in [0.717, 1.165) is 18.2 Å². The van der Waals surface area contributed by atoms with Crippen LogP contribution >= 0.6 is 0 Å². The molecule has 1 aliphatic heterocycles. The Morgan fingerprint density at radius 2 is 2.06 bits per heavy atom. The second kappa shape index (κ2) is 9.05. The summed E-state index contributed by atoms with van der Waals surface area (Å²) in [6.07, 6.45) is -2.95. The number of hydrogen-bond acceptors (Lipinski definition) is 6. The number of halogens is 3. The zero-order chi connectivity index (χ0) is 24.5. The molecule has 176 valence electrons. The van der Waals surface area contributed by atoms with E-state index in [9.17, 15) is 23.2 Å². The minimum Gasteiger partial charge on any atom is -0.494 e. The van der Waals surface area contributed by atoms with E-state index in [0.29, 0.717) is 12.2 Å². The van der Waals surface area contributed by atoms with E-state index < -0.39 is 18.2 Å². The first-order chi connectivity index (χ1) is 16.2. The van der Waals surface area contributed by atoms with Crippen molar-refractivity contribution in [1.82, 2.24) is 19.7 Å². The van der Waals surface area contributed by atoms with Gasteiger partial charge in [0.1, 0.15) is 17.4 Å². The third-order valence-electron chi connectivity index (χ3n) is 5.45. The van der Waals surface area contributed by atoms with Gasteiger partial charge in [-0.3, -0.25) is 4.79 Å². The van der Waals surface area contributed by atoms with Crippen molar-refractivity contribution in [2.45, 2.75) is 32.2 Å². The highest BCUT2D eigenvalue weighted by Gasteiger charge is 2.39. The number of carbonyl (C=O) groups is 1. The Bertz CT molecular complexity index is 1250. The molecule has 1 atom stereocenters. The van der Waals surface area contributed by atoms with Gasteiger partial charge >= 0.3 is 6.18 Å². The van der Waals surface area contributed by atoms with Crippen molar-refractivity contribution in [3.8, 4) is 23.4 Å². The number of nitriles is 1. The first-order valence-corrected chi connectivity index (χ1v) is 10.4. The quantitative estimate of drug-likeness (QED) is 0.564. The van der Waals surface area contributed by atoms with Gasteiger partial charge in [-0.25, -0.2) is 9.67 Å². The third kappa shape index (κ3) is 4.39. The van der Waals surface area contributed by atoms with E-state index in [1.807, 2.05) is 12.1 Å². The van der Waals surface area contributed by atoms with Gasteiger partial charge in [0.2, 0.25) is 0 Å². The summed E-state index contributed by atoms with van der Waals surface area (Å²) in [4.78, 5) is 19.3. The smallest absolute Gasteiger partial charge is 0.425 e. The summed E-state index contributed by atoms with van der Waals surface area (Å²) >= 11 is 0. The summed E-state index contributed by atoms with van der Waals surface area (Å²) < 4.78 is 51.4. The van der Waals surface area contributed by atoms with Crippen LogP contribution in [-0.2, 0) is 13.0 Å². The van der Waals surface area contributed by atoms with Crippen LogP contribution in [0.2, 0.25) is 0 Å². The van der Waals surface area contributed by atoms with Crippen LogP contribution in [0.4, 0.5) is 13.2 Å². The summed E-state index contributed by atoms with van der Waals surface area (Å²) in [7, 11) is 1.25. The lowest BCUT2D eigenvalue weighted by atomic mass is 10.0. The van der Waals surface area contributed by atoms with Gasteiger partial charge in [-0.15, -0.1) is 0 Å². The molecule has 0 bridgehead atoms. The monoisotopic (exact) mass is 471 g/mol. The summed E-state index contributed by atoms with van der Waals surface area (Å²) in [5, 5.41) is 13.9. The van der Waals surface area contributed by atoms with E-state index in [2.05, 4.69) is 10.1 Å². The van der Waals surface area contributed by atoms with Crippen LogP contribution in [0.5, 0.6) is 11.5 Å². The Morgan fingerprint density at radius 1 is 1.26 bits per heavy atom. The standard InChI is InChI=1S/C23H20F3N5O3/c1-14(23(24,25)26)34-18-7-6-15(11-27)21(33-2)20(18)22(32)30-10-8-17-16(12-30)13-31(29-17)19-5-3-4-9-28-19/h3-7,9,13-14H,8,10,12H2,1-2H3. The molecule has 0 radical (unpaired) electrons. The maximum atomic E-state index is 13.5. The van der Waals surface area contributed by atoms with Crippen molar-refractivity contribution < 1.29 is 27.4 Å². The van der Waals surface area contributed by atoms with Crippen molar-refractivity contribution >= 4 is 5.91 Å². The van der Waals surface area contributed by atoms with Gasteiger partial charge in [0.15, 0.2) is 17.7 Å². The molecule has 3 heterocycles. The van der Waals surface area contributed by atoms with Gasteiger partial charge in [0, 0.05) is 37.5 Å². The number of aromatic nitrogens is 3. The van der Waals surface area contributed by atoms with Crippen molar-refractivity contribution in [1.29, 1.82) is 5.26 Å². The maximum absolute atomic E-state index is 13.5. The molecule has 1 aromatic carbocycles. The van der Waals surface area contributed by atoms with Gasteiger partial charge < -0.3 is 14.4 Å². The fraction of sp³-hybridized carbons (Fsp3) is 0.304. The number of benzene rings is 1. The van der Waals surface area contributed by atoms with Crippen LogP contribution in [0.25, 0.3) is 5.82 Å². The fourth-order valence-electron chi connectivity index (χ4n) is 3.67. The highest BCUT2D eigenvalue weighted by molar-refractivity contribution is 6.00. The average Bonchev–Trinajstić information content (AvgIpc) is 3.26. The molecule has 1 aliphatic rings. The fourth-order valence-corrected chi connectivity index (χ4v) is 3.67. The SMILES string of the molecule is COc1c(C#N)ccc(OC(C)C(F)(F)F)c1C(=O)N1CCc2nn(-c3ccccn3)cc2C1. The van der Waals surface area contributed by atoms with E-state index in [1.54, 1.807) is 29.2 Å². The molecular formula is C23H20F3N5O3. The Morgan fingerprint density at radius 3 is 2.71 bits per heavy atom.